The number of hydrazine groups is 1. The van der Waals surface area contributed by atoms with Crippen LogP contribution in [0, 0.1) is 12.8 Å². The largest absolute Gasteiger partial charge is 0.352 e. The van der Waals surface area contributed by atoms with E-state index >= 15 is 0 Å². The van der Waals surface area contributed by atoms with E-state index in [1.807, 2.05) is 25.1 Å². The number of benzene rings is 1. The van der Waals surface area contributed by atoms with Crippen LogP contribution in [-0.2, 0) is 0 Å². The Balaban J connectivity index is 1.92. The van der Waals surface area contributed by atoms with Crippen molar-refractivity contribution in [1.29, 1.82) is 0 Å². The van der Waals surface area contributed by atoms with Crippen LogP contribution in [0.25, 0.3) is 0 Å². The Hall–Kier alpha value is -1.59. The van der Waals surface area contributed by atoms with E-state index in [0.29, 0.717) is 23.2 Å². The van der Waals surface area contributed by atoms with E-state index in [1.165, 1.54) is 0 Å². The summed E-state index contributed by atoms with van der Waals surface area (Å²) in [5, 5.41) is 3.04. The number of likely N-dealkylation sites (tertiary alicyclic amines) is 1. The van der Waals surface area contributed by atoms with Crippen LogP contribution in [0.15, 0.2) is 18.2 Å². The number of nitrogens with one attached hydrogen (secondary N) is 2. The van der Waals surface area contributed by atoms with Crippen LogP contribution >= 0.6 is 0 Å². The normalized spacial score (nSPS) is 19.0. The Kier molecular flexibility index (Phi) is 5.20. The van der Waals surface area contributed by atoms with Gasteiger partial charge in [0.15, 0.2) is 0 Å². The molecule has 1 amide bonds. The number of rotatable bonds is 5. The molecule has 5 nitrogen and oxygen atoms in total. The fourth-order valence-corrected chi connectivity index (χ4v) is 2.80. The molecule has 1 aromatic rings. The average molecular weight is 290 g/mol. The Morgan fingerprint density at radius 2 is 2.24 bits per heavy atom. The molecule has 1 atom stereocenters. The monoisotopic (exact) mass is 290 g/mol. The SMILES string of the molecule is Cc1ccc(NN)c(C(=O)NCC2CCN(C(C)C)C2)c1. The molecule has 0 bridgehead atoms. The van der Waals surface area contributed by atoms with E-state index < -0.39 is 0 Å². The number of amides is 1. The summed E-state index contributed by atoms with van der Waals surface area (Å²) in [5.74, 6) is 5.95. The van der Waals surface area contributed by atoms with Gasteiger partial charge in [-0.25, -0.2) is 0 Å². The van der Waals surface area contributed by atoms with Crippen LogP contribution in [0.3, 0.4) is 0 Å². The van der Waals surface area contributed by atoms with Gasteiger partial charge in [-0.15, -0.1) is 0 Å². The van der Waals surface area contributed by atoms with E-state index in [9.17, 15) is 4.79 Å². The van der Waals surface area contributed by atoms with Crippen LogP contribution in [0.4, 0.5) is 5.69 Å². The zero-order valence-corrected chi connectivity index (χ0v) is 13.1. The fraction of sp³-hybridized carbons (Fsp3) is 0.562. The van der Waals surface area contributed by atoms with Crippen LogP contribution in [-0.4, -0.2) is 36.5 Å². The summed E-state index contributed by atoms with van der Waals surface area (Å²) in [4.78, 5) is 14.8. The summed E-state index contributed by atoms with van der Waals surface area (Å²) in [6.07, 6.45) is 1.15. The van der Waals surface area contributed by atoms with E-state index in [-0.39, 0.29) is 5.91 Å². The molecule has 1 unspecified atom stereocenters. The molecule has 1 fully saturated rings. The minimum Gasteiger partial charge on any atom is -0.352 e. The predicted molar refractivity (Wildman–Crippen MR) is 86.1 cm³/mol. The van der Waals surface area contributed by atoms with Gasteiger partial charge in [0.1, 0.15) is 0 Å². The highest BCUT2D eigenvalue weighted by molar-refractivity contribution is 5.99. The Bertz CT molecular complexity index is 501. The van der Waals surface area contributed by atoms with Crippen LogP contribution in [0.5, 0.6) is 0 Å². The summed E-state index contributed by atoms with van der Waals surface area (Å²) in [6.45, 7) is 9.31. The van der Waals surface area contributed by atoms with Gasteiger partial charge < -0.3 is 15.6 Å². The molecule has 4 N–H and O–H groups in total. The van der Waals surface area contributed by atoms with Gasteiger partial charge in [0.05, 0.1) is 11.3 Å². The highest BCUT2D eigenvalue weighted by Gasteiger charge is 2.24. The van der Waals surface area contributed by atoms with Crippen LogP contribution in [0.1, 0.15) is 36.2 Å². The second-order valence-corrected chi connectivity index (χ2v) is 6.15. The van der Waals surface area contributed by atoms with E-state index in [2.05, 4.69) is 29.5 Å². The Labute approximate surface area is 126 Å². The van der Waals surface area contributed by atoms with Crippen molar-refractivity contribution in [3.8, 4) is 0 Å². The molecular weight excluding hydrogens is 264 g/mol. The molecule has 0 aromatic heterocycles. The van der Waals surface area contributed by atoms with E-state index in [4.69, 9.17) is 5.84 Å². The molecule has 0 radical (unpaired) electrons. The summed E-state index contributed by atoms with van der Waals surface area (Å²) < 4.78 is 0. The molecule has 2 rings (SSSR count). The number of carbonyl (C=O) groups excluding carboxylic acids is 1. The third-order valence-electron chi connectivity index (χ3n) is 4.17. The maximum Gasteiger partial charge on any atom is 0.253 e. The lowest BCUT2D eigenvalue weighted by atomic mass is 10.1. The maximum atomic E-state index is 12.3. The molecule has 1 aliphatic heterocycles. The molecule has 21 heavy (non-hydrogen) atoms. The molecule has 116 valence electrons. The first-order valence-corrected chi connectivity index (χ1v) is 7.60. The molecule has 0 saturated carbocycles. The number of nitrogen functional groups attached to an aromatic ring is 1. The molecule has 1 aromatic carbocycles. The lowest BCUT2D eigenvalue weighted by molar-refractivity contribution is 0.0948. The highest BCUT2D eigenvalue weighted by atomic mass is 16.1. The predicted octanol–water partition coefficient (Wildman–Crippen LogP) is 1.74. The Morgan fingerprint density at radius 1 is 1.48 bits per heavy atom. The molecular formula is C16H26N4O. The number of carbonyl (C=O) groups is 1. The summed E-state index contributed by atoms with van der Waals surface area (Å²) in [6, 6.07) is 6.21. The van der Waals surface area contributed by atoms with E-state index in [1.54, 1.807) is 0 Å². The lowest BCUT2D eigenvalue weighted by Crippen LogP contribution is -2.33. The van der Waals surface area contributed by atoms with Gasteiger partial charge >= 0.3 is 0 Å². The van der Waals surface area contributed by atoms with Crippen molar-refractivity contribution >= 4 is 11.6 Å². The van der Waals surface area contributed by atoms with Gasteiger partial charge in [-0.1, -0.05) is 11.6 Å². The van der Waals surface area contributed by atoms with Crippen molar-refractivity contribution in [1.82, 2.24) is 10.2 Å². The number of nitrogens with zero attached hydrogens (tertiary/aromatic N) is 1. The zero-order valence-electron chi connectivity index (χ0n) is 13.1. The van der Waals surface area contributed by atoms with Crippen molar-refractivity contribution in [2.75, 3.05) is 25.1 Å². The third-order valence-corrected chi connectivity index (χ3v) is 4.17. The van der Waals surface area contributed by atoms with Gasteiger partial charge in [-0.3, -0.25) is 10.6 Å². The molecule has 1 saturated heterocycles. The number of hydrogen-bond donors (Lipinski definition) is 3. The second kappa shape index (κ2) is 6.91. The minimum absolute atomic E-state index is 0.0605. The van der Waals surface area contributed by atoms with Crippen molar-refractivity contribution in [2.45, 2.75) is 33.2 Å². The first-order chi connectivity index (χ1) is 10.0. The highest BCUT2D eigenvalue weighted by Crippen LogP contribution is 2.19. The summed E-state index contributed by atoms with van der Waals surface area (Å²) in [7, 11) is 0. The van der Waals surface area contributed by atoms with Gasteiger partial charge in [-0.05, 0) is 51.8 Å². The summed E-state index contributed by atoms with van der Waals surface area (Å²) >= 11 is 0. The van der Waals surface area contributed by atoms with Gasteiger partial charge in [-0.2, -0.15) is 0 Å². The number of nitrogens with two attached hydrogens (primary N) is 1. The van der Waals surface area contributed by atoms with Gasteiger partial charge in [0.2, 0.25) is 0 Å². The fourth-order valence-electron chi connectivity index (χ4n) is 2.80. The van der Waals surface area contributed by atoms with Crippen molar-refractivity contribution in [3.05, 3.63) is 29.3 Å². The molecule has 1 aliphatic rings. The van der Waals surface area contributed by atoms with Crippen molar-refractivity contribution in [2.24, 2.45) is 11.8 Å². The number of anilines is 1. The van der Waals surface area contributed by atoms with E-state index in [0.717, 1.165) is 31.6 Å². The first kappa shape index (κ1) is 15.8. The number of hydrogen-bond acceptors (Lipinski definition) is 4. The molecule has 5 heteroatoms. The summed E-state index contributed by atoms with van der Waals surface area (Å²) in [5.41, 5.74) is 4.90. The smallest absolute Gasteiger partial charge is 0.253 e. The molecule has 0 spiro atoms. The lowest BCUT2D eigenvalue weighted by Gasteiger charge is -2.20. The van der Waals surface area contributed by atoms with Crippen LogP contribution < -0.4 is 16.6 Å². The second-order valence-electron chi connectivity index (χ2n) is 6.15. The van der Waals surface area contributed by atoms with Gasteiger partial charge in [0, 0.05) is 19.1 Å². The van der Waals surface area contributed by atoms with Crippen molar-refractivity contribution in [3.63, 3.8) is 0 Å². The standard InChI is InChI=1S/C16H26N4O/c1-11(2)20-7-6-13(10-20)9-18-16(21)14-8-12(3)4-5-15(14)19-17/h4-5,8,11,13,19H,6-7,9-10,17H2,1-3H3,(H,18,21). The Morgan fingerprint density at radius 3 is 2.86 bits per heavy atom. The maximum absolute atomic E-state index is 12.3. The van der Waals surface area contributed by atoms with Gasteiger partial charge in [0.25, 0.3) is 5.91 Å². The van der Waals surface area contributed by atoms with Crippen LogP contribution in [0.2, 0.25) is 0 Å². The quantitative estimate of drug-likeness (QED) is 0.571. The number of aryl methyl sites for hydroxylation is 1. The first-order valence-electron chi connectivity index (χ1n) is 7.60. The third kappa shape index (κ3) is 3.95. The average Bonchev–Trinajstić information content (AvgIpc) is 2.94. The van der Waals surface area contributed by atoms with Crippen molar-refractivity contribution < 1.29 is 4.79 Å². The minimum atomic E-state index is -0.0605. The molecule has 0 aliphatic carbocycles. The zero-order chi connectivity index (χ0) is 15.4. The topological polar surface area (TPSA) is 70.4 Å². The molecule has 1 heterocycles.